The number of carboxylic acid groups (broad SMARTS) is 1. The summed E-state index contributed by atoms with van der Waals surface area (Å²) in [5.74, 6) is 4.62. The first-order chi connectivity index (χ1) is 19.2. The average molecular weight is 550 g/mol. The summed E-state index contributed by atoms with van der Waals surface area (Å²) in [5, 5.41) is 15.5. The summed E-state index contributed by atoms with van der Waals surface area (Å²) in [7, 11) is 0. The van der Waals surface area contributed by atoms with Crippen molar-refractivity contribution in [2.75, 3.05) is 31.5 Å². The van der Waals surface area contributed by atoms with Gasteiger partial charge in [0.05, 0.1) is 18.5 Å². The van der Waals surface area contributed by atoms with E-state index in [0.29, 0.717) is 30.0 Å². The van der Waals surface area contributed by atoms with E-state index < -0.39 is 29.7 Å². The van der Waals surface area contributed by atoms with Gasteiger partial charge in [0.25, 0.3) is 0 Å². The van der Waals surface area contributed by atoms with E-state index >= 15 is 0 Å². The van der Waals surface area contributed by atoms with Crippen LogP contribution in [0.4, 0.5) is 24.1 Å². The van der Waals surface area contributed by atoms with Gasteiger partial charge >= 0.3 is 12.1 Å². The first-order valence-corrected chi connectivity index (χ1v) is 12.2. The molecule has 2 heterocycles. The molecule has 0 aliphatic carbocycles. The molecule has 1 saturated heterocycles. The molecule has 4 N–H and O–H groups in total. The van der Waals surface area contributed by atoms with Gasteiger partial charge in [0, 0.05) is 55.8 Å². The molecular weight excluding hydrogens is 524 g/mol. The Hall–Kier alpha value is -5.02. The summed E-state index contributed by atoms with van der Waals surface area (Å²) < 4.78 is 33.5. The Morgan fingerprint density at radius 1 is 1.07 bits per heavy atom. The van der Waals surface area contributed by atoms with E-state index in [9.17, 15) is 23.2 Å². The van der Waals surface area contributed by atoms with Crippen molar-refractivity contribution in [3.8, 4) is 23.3 Å². The molecule has 0 spiro atoms. The fourth-order valence-corrected chi connectivity index (χ4v) is 3.88. The highest BCUT2D eigenvalue weighted by Crippen LogP contribution is 2.28. The number of hydrogen-bond acceptors (Lipinski definition) is 6. The number of carbonyl (C=O) groups is 3. The lowest BCUT2D eigenvalue weighted by Crippen LogP contribution is -2.51. The fourth-order valence-electron chi connectivity index (χ4n) is 3.88. The second-order valence-electron chi connectivity index (χ2n) is 8.97. The van der Waals surface area contributed by atoms with Gasteiger partial charge in [-0.05, 0) is 29.8 Å². The number of benzene rings is 2. The third kappa shape index (κ3) is 8.24. The smallest absolute Gasteiger partial charge is 0.404 e. The topological polar surface area (TPSA) is 133 Å². The summed E-state index contributed by atoms with van der Waals surface area (Å²) in [6.07, 6.45) is 1.81. The van der Waals surface area contributed by atoms with Crippen molar-refractivity contribution >= 4 is 23.7 Å². The molecule has 4 amide bonds. The number of nitrogens with zero attached hydrogens (tertiary/aromatic N) is 2. The van der Waals surface area contributed by atoms with Gasteiger partial charge in [-0.3, -0.25) is 20.0 Å². The zero-order chi connectivity index (χ0) is 28.5. The molecule has 206 valence electrons. The molecule has 12 heteroatoms. The highest BCUT2D eigenvalue weighted by atomic mass is 19.1. The Morgan fingerprint density at radius 2 is 1.85 bits per heavy atom. The van der Waals surface area contributed by atoms with Gasteiger partial charge in [0.2, 0.25) is 5.91 Å². The van der Waals surface area contributed by atoms with Crippen LogP contribution in [0, 0.1) is 29.4 Å². The van der Waals surface area contributed by atoms with E-state index in [2.05, 4.69) is 37.7 Å². The first kappa shape index (κ1) is 28.0. The van der Waals surface area contributed by atoms with Crippen molar-refractivity contribution in [2.24, 2.45) is 5.92 Å². The Bertz CT molecular complexity index is 1450. The third-order valence-electron chi connectivity index (χ3n) is 5.82. The number of nitrogens with one attached hydrogen (secondary N) is 3. The van der Waals surface area contributed by atoms with Crippen molar-refractivity contribution in [3.05, 3.63) is 83.7 Å². The van der Waals surface area contributed by atoms with Crippen LogP contribution in [-0.4, -0.2) is 59.2 Å². The molecule has 1 fully saturated rings. The number of urea groups is 1. The summed E-state index contributed by atoms with van der Waals surface area (Å²) in [6, 6.07) is 9.79. The maximum atomic E-state index is 14.8. The predicted molar refractivity (Wildman–Crippen MR) is 141 cm³/mol. The number of pyridine rings is 1. The maximum Gasteiger partial charge on any atom is 0.404 e. The van der Waals surface area contributed by atoms with Crippen LogP contribution in [0.1, 0.15) is 11.1 Å². The average Bonchev–Trinajstić information content (AvgIpc) is 2.88. The number of likely N-dealkylation sites (tertiary alicyclic amines) is 1. The lowest BCUT2D eigenvalue weighted by molar-refractivity contribution is -0.119. The summed E-state index contributed by atoms with van der Waals surface area (Å²) in [4.78, 5) is 40.9. The number of halogens is 2. The predicted octanol–water partition coefficient (Wildman–Crippen LogP) is 3.59. The number of rotatable bonds is 8. The fraction of sp³-hybridized carbons (Fsp3) is 0.214. The highest BCUT2D eigenvalue weighted by Gasteiger charge is 2.25. The molecule has 3 aromatic rings. The van der Waals surface area contributed by atoms with Gasteiger partial charge in [-0.15, -0.1) is 0 Å². The van der Waals surface area contributed by atoms with E-state index in [-0.39, 0.29) is 23.8 Å². The number of amides is 4. The lowest BCUT2D eigenvalue weighted by atomic mass is 10.0. The molecule has 4 rings (SSSR count). The van der Waals surface area contributed by atoms with Crippen LogP contribution in [-0.2, 0) is 11.2 Å². The Kier molecular flexibility index (Phi) is 9.22. The summed E-state index contributed by atoms with van der Waals surface area (Å²) in [6.45, 7) is 2.34. The standard InChI is InChI=1S/C28H25F2N5O5/c29-21-5-3-18(4-6-21)12-26(36)34-27(37)33-22-7-8-25(23(30)13-22)40-24-9-10-31-15-20(24)2-1-11-35-16-19(17-35)14-32-28(38)39/h3-10,13,15,19,32H,11-12,14,16-17H2,(H,38,39)(H2,33,34,36,37). The maximum absolute atomic E-state index is 14.8. The van der Waals surface area contributed by atoms with Gasteiger partial charge in [0.1, 0.15) is 11.6 Å². The number of ether oxygens (including phenoxy) is 1. The lowest BCUT2D eigenvalue weighted by Gasteiger charge is -2.37. The number of hydrogen-bond donors (Lipinski definition) is 4. The number of anilines is 1. The Balaban J connectivity index is 1.29. The minimum atomic E-state index is -1.04. The minimum absolute atomic E-state index is 0.0954. The Labute approximate surface area is 228 Å². The molecule has 1 aliphatic heterocycles. The normalized spacial score (nSPS) is 12.8. The summed E-state index contributed by atoms with van der Waals surface area (Å²) >= 11 is 0. The Morgan fingerprint density at radius 3 is 2.58 bits per heavy atom. The molecule has 40 heavy (non-hydrogen) atoms. The number of carbonyl (C=O) groups excluding carboxylic acids is 2. The molecule has 1 aromatic heterocycles. The van der Waals surface area contributed by atoms with E-state index in [1.165, 1.54) is 48.8 Å². The van der Waals surface area contributed by atoms with Crippen molar-refractivity contribution in [3.63, 3.8) is 0 Å². The minimum Gasteiger partial charge on any atom is -0.465 e. The van der Waals surface area contributed by atoms with Crippen molar-refractivity contribution < 1.29 is 33.0 Å². The van der Waals surface area contributed by atoms with Crippen LogP contribution in [0.5, 0.6) is 11.5 Å². The molecular formula is C28H25F2N5O5. The SMILES string of the molecule is O=C(O)NCC1CN(CC#Cc2cnccc2Oc2ccc(NC(=O)NC(=O)Cc3ccc(F)cc3)cc2F)C1. The van der Waals surface area contributed by atoms with Crippen molar-refractivity contribution in [2.45, 2.75) is 6.42 Å². The number of imide groups is 1. The number of aromatic nitrogens is 1. The van der Waals surface area contributed by atoms with Gasteiger partial charge in [-0.25, -0.2) is 18.4 Å². The van der Waals surface area contributed by atoms with Gasteiger partial charge < -0.3 is 20.5 Å². The molecule has 0 atom stereocenters. The molecule has 0 saturated carbocycles. The quantitative estimate of drug-likeness (QED) is 0.316. The van der Waals surface area contributed by atoms with Gasteiger partial charge in [-0.2, -0.15) is 0 Å². The van der Waals surface area contributed by atoms with Crippen LogP contribution in [0.15, 0.2) is 60.9 Å². The molecule has 0 bridgehead atoms. The monoisotopic (exact) mass is 549 g/mol. The van der Waals surface area contributed by atoms with Crippen LogP contribution in [0.3, 0.4) is 0 Å². The summed E-state index contributed by atoms with van der Waals surface area (Å²) in [5.41, 5.74) is 1.07. The highest BCUT2D eigenvalue weighted by molar-refractivity contribution is 6.01. The molecule has 10 nitrogen and oxygen atoms in total. The first-order valence-electron chi connectivity index (χ1n) is 12.2. The van der Waals surface area contributed by atoms with Gasteiger partial charge in [-0.1, -0.05) is 24.0 Å². The van der Waals surface area contributed by atoms with E-state index in [1.54, 1.807) is 6.07 Å². The van der Waals surface area contributed by atoms with E-state index in [4.69, 9.17) is 9.84 Å². The van der Waals surface area contributed by atoms with Crippen LogP contribution in [0.25, 0.3) is 0 Å². The molecule has 2 aromatic carbocycles. The van der Waals surface area contributed by atoms with E-state index in [1.807, 2.05) is 0 Å². The van der Waals surface area contributed by atoms with Crippen molar-refractivity contribution in [1.29, 1.82) is 0 Å². The zero-order valence-corrected chi connectivity index (χ0v) is 21.1. The largest absolute Gasteiger partial charge is 0.465 e. The second-order valence-corrected chi connectivity index (χ2v) is 8.97. The second kappa shape index (κ2) is 13.2. The van der Waals surface area contributed by atoms with E-state index in [0.717, 1.165) is 19.2 Å². The van der Waals surface area contributed by atoms with Crippen molar-refractivity contribution in [1.82, 2.24) is 20.5 Å². The molecule has 0 radical (unpaired) electrons. The zero-order valence-electron chi connectivity index (χ0n) is 21.1. The van der Waals surface area contributed by atoms with Crippen LogP contribution >= 0.6 is 0 Å². The third-order valence-corrected chi connectivity index (χ3v) is 5.82. The van der Waals surface area contributed by atoms with Crippen LogP contribution in [0.2, 0.25) is 0 Å². The molecule has 1 aliphatic rings. The molecule has 0 unspecified atom stereocenters. The van der Waals surface area contributed by atoms with Crippen LogP contribution < -0.4 is 20.7 Å². The van der Waals surface area contributed by atoms with Gasteiger partial charge in [0.15, 0.2) is 11.6 Å².